The zero-order chi connectivity index (χ0) is 15.1. The second-order valence-corrected chi connectivity index (χ2v) is 6.06. The maximum absolute atomic E-state index is 13.4. The number of halogens is 2. The molecule has 1 aliphatic heterocycles. The van der Waals surface area contributed by atoms with Crippen molar-refractivity contribution in [2.24, 2.45) is 0 Å². The van der Waals surface area contributed by atoms with E-state index in [0.717, 1.165) is 5.56 Å². The van der Waals surface area contributed by atoms with Crippen molar-refractivity contribution in [1.29, 1.82) is 0 Å². The molecule has 0 spiro atoms. The quantitative estimate of drug-likeness (QED) is 0.724. The highest BCUT2D eigenvalue weighted by Crippen LogP contribution is 2.31. The van der Waals surface area contributed by atoms with Gasteiger partial charge in [-0.05, 0) is 57.4 Å². The molecule has 0 aromatic heterocycles. The molecule has 1 atom stereocenters. The van der Waals surface area contributed by atoms with Crippen molar-refractivity contribution >= 4 is 6.09 Å². The molecule has 0 saturated heterocycles. The monoisotopic (exact) mass is 283 g/mol. The van der Waals surface area contributed by atoms with Gasteiger partial charge in [0, 0.05) is 6.54 Å². The van der Waals surface area contributed by atoms with Gasteiger partial charge >= 0.3 is 6.09 Å². The Bertz CT molecular complexity index is 537. The van der Waals surface area contributed by atoms with Gasteiger partial charge in [-0.1, -0.05) is 0 Å². The molecule has 3 nitrogen and oxygen atoms in total. The lowest BCUT2D eigenvalue weighted by Crippen LogP contribution is -2.42. The molecular weight excluding hydrogens is 264 g/mol. The molecule has 0 bridgehead atoms. The van der Waals surface area contributed by atoms with Gasteiger partial charge in [-0.25, -0.2) is 13.6 Å². The first kappa shape index (κ1) is 14.8. The molecule has 110 valence electrons. The average molecular weight is 283 g/mol. The van der Waals surface area contributed by atoms with Gasteiger partial charge in [0.1, 0.15) is 5.60 Å². The molecule has 1 amide bonds. The summed E-state index contributed by atoms with van der Waals surface area (Å²) in [5.41, 5.74) is 0.808. The Labute approximate surface area is 117 Å². The van der Waals surface area contributed by atoms with Gasteiger partial charge in [-0.2, -0.15) is 0 Å². The van der Waals surface area contributed by atoms with Crippen molar-refractivity contribution in [2.75, 3.05) is 6.54 Å². The van der Waals surface area contributed by atoms with Crippen molar-refractivity contribution in [1.82, 2.24) is 4.90 Å². The fourth-order valence-corrected chi connectivity index (χ4v) is 2.38. The molecule has 0 radical (unpaired) electrons. The normalized spacial score (nSPS) is 18.7. The maximum atomic E-state index is 13.4. The number of fused-ring (bicyclic) bond motifs is 1. The van der Waals surface area contributed by atoms with Gasteiger partial charge < -0.3 is 9.64 Å². The van der Waals surface area contributed by atoms with E-state index in [1.807, 2.05) is 0 Å². The molecule has 0 saturated carbocycles. The minimum Gasteiger partial charge on any atom is -0.444 e. The summed E-state index contributed by atoms with van der Waals surface area (Å²) in [5.74, 6) is -1.73. The van der Waals surface area contributed by atoms with Gasteiger partial charge in [0.15, 0.2) is 11.6 Å². The maximum Gasteiger partial charge on any atom is 0.410 e. The lowest BCUT2D eigenvalue weighted by Gasteiger charge is -2.36. The third kappa shape index (κ3) is 2.92. The first-order valence-corrected chi connectivity index (χ1v) is 6.66. The van der Waals surface area contributed by atoms with Crippen LogP contribution in [0.1, 0.15) is 44.9 Å². The van der Waals surface area contributed by atoms with E-state index in [2.05, 4.69) is 0 Å². The summed E-state index contributed by atoms with van der Waals surface area (Å²) in [5, 5.41) is 0. The number of carbonyl (C=O) groups is 1. The Hall–Kier alpha value is -1.65. The fourth-order valence-electron chi connectivity index (χ4n) is 2.38. The van der Waals surface area contributed by atoms with Crippen LogP contribution < -0.4 is 0 Å². The molecule has 1 aromatic rings. The Morgan fingerprint density at radius 1 is 1.30 bits per heavy atom. The molecule has 0 N–H and O–H groups in total. The lowest BCUT2D eigenvalue weighted by molar-refractivity contribution is 0.0159. The summed E-state index contributed by atoms with van der Waals surface area (Å²) in [6.07, 6.45) is 0.0659. The summed E-state index contributed by atoms with van der Waals surface area (Å²) in [6.45, 7) is 7.61. The summed E-state index contributed by atoms with van der Waals surface area (Å²) in [6, 6.07) is 2.06. The van der Waals surface area contributed by atoms with Crippen LogP contribution in [0.25, 0.3) is 0 Å². The second-order valence-electron chi connectivity index (χ2n) is 6.06. The highest BCUT2D eigenvalue weighted by atomic mass is 19.2. The predicted octanol–water partition coefficient (Wildman–Crippen LogP) is 3.82. The van der Waals surface area contributed by atoms with Crippen LogP contribution in [0.4, 0.5) is 13.6 Å². The van der Waals surface area contributed by atoms with E-state index in [1.165, 1.54) is 12.1 Å². The first-order chi connectivity index (χ1) is 9.19. The smallest absolute Gasteiger partial charge is 0.410 e. The Morgan fingerprint density at radius 2 is 1.90 bits per heavy atom. The number of hydrogen-bond acceptors (Lipinski definition) is 2. The number of ether oxygens (including phenoxy) is 1. The van der Waals surface area contributed by atoms with Gasteiger partial charge in [0.2, 0.25) is 0 Å². The zero-order valence-corrected chi connectivity index (χ0v) is 12.2. The molecule has 0 aliphatic carbocycles. The second kappa shape index (κ2) is 5.04. The van der Waals surface area contributed by atoms with Crippen LogP contribution >= 0.6 is 0 Å². The van der Waals surface area contributed by atoms with E-state index in [1.54, 1.807) is 32.6 Å². The van der Waals surface area contributed by atoms with Crippen LogP contribution in [0.2, 0.25) is 0 Å². The van der Waals surface area contributed by atoms with E-state index in [0.29, 0.717) is 18.5 Å². The van der Waals surface area contributed by atoms with Gasteiger partial charge in [0.05, 0.1) is 6.04 Å². The molecular formula is C15H19F2NO2. The van der Waals surface area contributed by atoms with Crippen molar-refractivity contribution in [3.8, 4) is 0 Å². The Morgan fingerprint density at radius 3 is 2.50 bits per heavy atom. The highest BCUT2D eigenvalue weighted by Gasteiger charge is 2.31. The molecule has 0 unspecified atom stereocenters. The Kier molecular flexibility index (Phi) is 3.71. The summed E-state index contributed by atoms with van der Waals surface area (Å²) in [7, 11) is 0. The van der Waals surface area contributed by atoms with E-state index < -0.39 is 23.3 Å². The van der Waals surface area contributed by atoms with Gasteiger partial charge in [-0.3, -0.25) is 0 Å². The fraction of sp³-hybridized carbons (Fsp3) is 0.533. The molecule has 1 heterocycles. The molecule has 20 heavy (non-hydrogen) atoms. The molecule has 1 aliphatic rings. The standard InChI is InChI=1S/C15H19F2NO2/c1-9-11-8-13(17)12(16)7-10(11)5-6-18(9)14(19)20-15(2,3)4/h7-9H,5-6H2,1-4H3/t9-/m0/s1. The van der Waals surface area contributed by atoms with Crippen LogP contribution in [0.3, 0.4) is 0 Å². The largest absolute Gasteiger partial charge is 0.444 e. The van der Waals surface area contributed by atoms with Crippen molar-refractivity contribution in [3.05, 3.63) is 34.9 Å². The van der Waals surface area contributed by atoms with Gasteiger partial charge in [0.25, 0.3) is 0 Å². The SMILES string of the molecule is C[C@H]1c2cc(F)c(F)cc2CCN1C(=O)OC(C)(C)C. The summed E-state index contributed by atoms with van der Waals surface area (Å²) < 4.78 is 31.9. The van der Waals surface area contributed by atoms with Crippen LogP contribution in [0.5, 0.6) is 0 Å². The number of benzene rings is 1. The molecule has 1 aromatic carbocycles. The van der Waals surface area contributed by atoms with Crippen LogP contribution in [0, 0.1) is 11.6 Å². The minimum atomic E-state index is -0.887. The van der Waals surface area contributed by atoms with Crippen molar-refractivity contribution in [3.63, 3.8) is 0 Å². The van der Waals surface area contributed by atoms with E-state index in [4.69, 9.17) is 4.74 Å². The number of carbonyl (C=O) groups excluding carboxylic acids is 1. The molecule has 2 rings (SSSR count). The Balaban J connectivity index is 2.25. The van der Waals surface area contributed by atoms with Crippen molar-refractivity contribution in [2.45, 2.75) is 45.8 Å². The number of rotatable bonds is 0. The average Bonchev–Trinajstić information content (AvgIpc) is 2.30. The molecule has 5 heteroatoms. The first-order valence-electron chi connectivity index (χ1n) is 6.66. The minimum absolute atomic E-state index is 0.330. The summed E-state index contributed by atoms with van der Waals surface area (Å²) in [4.78, 5) is 13.7. The van der Waals surface area contributed by atoms with E-state index in [-0.39, 0.29) is 6.04 Å². The third-order valence-electron chi connectivity index (χ3n) is 3.35. The zero-order valence-electron chi connectivity index (χ0n) is 12.2. The van der Waals surface area contributed by atoms with Crippen molar-refractivity contribution < 1.29 is 18.3 Å². The van der Waals surface area contributed by atoms with Crippen LogP contribution in [-0.4, -0.2) is 23.1 Å². The van der Waals surface area contributed by atoms with Crippen LogP contribution in [-0.2, 0) is 11.2 Å². The van der Waals surface area contributed by atoms with E-state index >= 15 is 0 Å². The number of nitrogens with zero attached hydrogens (tertiary/aromatic N) is 1. The van der Waals surface area contributed by atoms with Gasteiger partial charge in [-0.15, -0.1) is 0 Å². The highest BCUT2D eigenvalue weighted by molar-refractivity contribution is 5.69. The predicted molar refractivity (Wildman–Crippen MR) is 71.4 cm³/mol. The molecule has 0 fully saturated rings. The number of amides is 1. The van der Waals surface area contributed by atoms with Crippen LogP contribution in [0.15, 0.2) is 12.1 Å². The van der Waals surface area contributed by atoms with E-state index in [9.17, 15) is 13.6 Å². The lowest BCUT2D eigenvalue weighted by atomic mass is 9.93. The summed E-state index contributed by atoms with van der Waals surface area (Å²) >= 11 is 0. The third-order valence-corrected chi connectivity index (χ3v) is 3.35. The number of hydrogen-bond donors (Lipinski definition) is 0. The topological polar surface area (TPSA) is 29.5 Å².